The molecule has 0 aliphatic carbocycles. The Labute approximate surface area is 224 Å². The van der Waals surface area contributed by atoms with E-state index in [9.17, 15) is 29.4 Å². The monoisotopic (exact) mass is 500 g/mol. The molecule has 3 unspecified atom stereocenters. The molecule has 0 radical (unpaired) electrons. The summed E-state index contributed by atoms with van der Waals surface area (Å²) in [6, 6.07) is 4.19. The molecule has 3 rings (SSSR count). The Hall–Kier alpha value is -0.0700. The number of carboxylic acids is 2. The van der Waals surface area contributed by atoms with Crippen LogP contribution in [0.1, 0.15) is 25.3 Å². The van der Waals surface area contributed by atoms with Crippen molar-refractivity contribution in [1.82, 2.24) is 10.2 Å². The number of carboxylic acid groups (broad SMARTS) is 2. The summed E-state index contributed by atoms with van der Waals surface area (Å²) in [5.74, 6) is -6.05. The second kappa shape index (κ2) is 10.0. The Morgan fingerprint density at radius 1 is 1.21 bits per heavy atom. The summed E-state index contributed by atoms with van der Waals surface area (Å²) in [6.07, 6.45) is 0. The fourth-order valence-corrected chi connectivity index (χ4v) is 5.58. The first kappa shape index (κ1) is 27.0. The number of carbonyl (C=O) groups is 4. The SMILES string of the molecule is CC1(C)S[C@H]2C(NC(=O)C(C(=O)[O-])c3ccccc3Br)C(=O)N2C1C(=O)[O-].[Na+].[Na+]. The van der Waals surface area contributed by atoms with Gasteiger partial charge in [0.05, 0.1) is 18.0 Å². The molecule has 0 aromatic heterocycles. The minimum atomic E-state index is -1.61. The second-order valence-electron chi connectivity index (χ2n) is 6.84. The van der Waals surface area contributed by atoms with E-state index in [-0.39, 0.29) is 64.7 Å². The second-order valence-corrected chi connectivity index (χ2v) is 9.46. The van der Waals surface area contributed by atoms with Gasteiger partial charge in [0.25, 0.3) is 0 Å². The van der Waals surface area contributed by atoms with Gasteiger partial charge in [0.1, 0.15) is 17.3 Å². The zero-order valence-corrected chi connectivity index (χ0v) is 22.7. The molecule has 8 nitrogen and oxygen atoms in total. The molecule has 0 bridgehead atoms. The molecule has 0 spiro atoms. The number of halogens is 1. The Morgan fingerprint density at radius 2 is 1.79 bits per heavy atom. The molecule has 1 N–H and O–H groups in total. The standard InChI is InChI=1S/C17H17BrN2O6S.2Na/c1-17(2)11(16(25)26)20-13(22)10(14(20)27-17)19-12(21)9(15(23)24)7-5-3-4-6-8(7)18;;/h3-6,9-11,14H,1-2H3,(H,19,21)(H,23,24)(H,25,26);;/q;2*+1/p-2/t9?,10?,11?,14-;;/m0../s1. The molecular formula is C17H15BrN2Na2O6S. The number of thioether (sulfide) groups is 1. The number of rotatable bonds is 5. The molecular weight excluding hydrogens is 486 g/mol. The largest absolute Gasteiger partial charge is 1.00 e. The third kappa shape index (κ3) is 4.90. The third-order valence-corrected chi connectivity index (χ3v) is 6.97. The first-order valence-corrected chi connectivity index (χ1v) is 9.70. The first-order chi connectivity index (χ1) is 12.6. The van der Waals surface area contributed by atoms with E-state index in [1.165, 1.54) is 17.8 Å². The van der Waals surface area contributed by atoms with Crippen molar-refractivity contribution in [3.63, 3.8) is 0 Å². The molecule has 29 heavy (non-hydrogen) atoms. The number of nitrogens with zero attached hydrogens (tertiary/aromatic N) is 1. The van der Waals surface area contributed by atoms with Gasteiger partial charge in [-0.15, -0.1) is 11.8 Å². The molecule has 2 heterocycles. The Kier molecular flexibility index (Phi) is 9.33. The van der Waals surface area contributed by atoms with Crippen molar-refractivity contribution in [3.8, 4) is 0 Å². The summed E-state index contributed by atoms with van der Waals surface area (Å²) in [5.41, 5.74) is 0.200. The van der Waals surface area contributed by atoms with Crippen LogP contribution < -0.4 is 74.6 Å². The van der Waals surface area contributed by atoms with Crippen LogP contribution in [0.4, 0.5) is 0 Å². The van der Waals surface area contributed by atoms with Crippen molar-refractivity contribution < 1.29 is 88.5 Å². The van der Waals surface area contributed by atoms with Crippen LogP contribution in [-0.2, 0) is 19.2 Å². The van der Waals surface area contributed by atoms with Crippen molar-refractivity contribution in [1.29, 1.82) is 0 Å². The van der Waals surface area contributed by atoms with Crippen molar-refractivity contribution in [2.24, 2.45) is 0 Å². The molecule has 12 heteroatoms. The van der Waals surface area contributed by atoms with Gasteiger partial charge >= 0.3 is 59.1 Å². The van der Waals surface area contributed by atoms with E-state index in [4.69, 9.17) is 0 Å². The first-order valence-electron chi connectivity index (χ1n) is 8.02. The summed E-state index contributed by atoms with van der Waals surface area (Å²) in [5, 5.41) is 24.8. The summed E-state index contributed by atoms with van der Waals surface area (Å²) in [6.45, 7) is 3.35. The van der Waals surface area contributed by atoms with Gasteiger partial charge in [0.15, 0.2) is 0 Å². The fourth-order valence-electron chi connectivity index (χ4n) is 3.45. The number of hydrogen-bond donors (Lipinski definition) is 1. The van der Waals surface area contributed by atoms with Crippen molar-refractivity contribution in [3.05, 3.63) is 34.3 Å². The van der Waals surface area contributed by atoms with Crippen LogP contribution in [0.3, 0.4) is 0 Å². The molecule has 2 fully saturated rings. The van der Waals surface area contributed by atoms with Gasteiger partial charge in [-0.1, -0.05) is 34.1 Å². The van der Waals surface area contributed by atoms with Gasteiger partial charge < -0.3 is 30.0 Å². The zero-order valence-electron chi connectivity index (χ0n) is 16.3. The third-order valence-electron chi connectivity index (χ3n) is 4.68. The summed E-state index contributed by atoms with van der Waals surface area (Å²) in [7, 11) is 0. The molecule has 1 aromatic carbocycles. The van der Waals surface area contributed by atoms with Crippen LogP contribution in [0.2, 0.25) is 0 Å². The fraction of sp³-hybridized carbons (Fsp3) is 0.412. The average molecular weight is 501 g/mol. The Morgan fingerprint density at radius 3 is 2.31 bits per heavy atom. The van der Waals surface area contributed by atoms with Gasteiger partial charge in [0.2, 0.25) is 11.8 Å². The van der Waals surface area contributed by atoms with Crippen LogP contribution in [0, 0.1) is 0 Å². The average Bonchev–Trinajstić information content (AvgIpc) is 2.82. The number of benzene rings is 1. The molecule has 4 atom stereocenters. The van der Waals surface area contributed by atoms with Gasteiger partial charge in [-0.05, 0) is 25.5 Å². The van der Waals surface area contributed by atoms with E-state index in [0.29, 0.717) is 4.47 Å². The summed E-state index contributed by atoms with van der Waals surface area (Å²) in [4.78, 5) is 49.1. The van der Waals surface area contributed by atoms with Gasteiger partial charge in [0, 0.05) is 9.22 Å². The van der Waals surface area contributed by atoms with Crippen LogP contribution in [0.25, 0.3) is 0 Å². The maximum atomic E-state index is 12.6. The molecule has 144 valence electrons. The van der Waals surface area contributed by atoms with Gasteiger partial charge in [-0.2, -0.15) is 0 Å². The number of aliphatic carboxylic acids is 2. The number of carbonyl (C=O) groups excluding carboxylic acids is 4. The van der Waals surface area contributed by atoms with Crippen molar-refractivity contribution >= 4 is 51.4 Å². The Bertz CT molecular complexity index is 855. The number of hydrogen-bond acceptors (Lipinski definition) is 7. The van der Waals surface area contributed by atoms with E-state index >= 15 is 0 Å². The molecule has 1 aromatic rings. The van der Waals surface area contributed by atoms with E-state index in [0.717, 1.165) is 4.90 Å². The predicted octanol–water partition coefficient (Wildman–Crippen LogP) is -7.41. The molecule has 2 aliphatic rings. The smallest absolute Gasteiger partial charge is 0.549 e. The van der Waals surface area contributed by atoms with Gasteiger partial charge in [-0.25, -0.2) is 0 Å². The van der Waals surface area contributed by atoms with E-state index in [1.807, 2.05) is 0 Å². The van der Waals surface area contributed by atoms with Crippen LogP contribution >= 0.6 is 27.7 Å². The number of amides is 2. The quantitative estimate of drug-likeness (QED) is 0.241. The van der Waals surface area contributed by atoms with Crippen LogP contribution in [0.5, 0.6) is 0 Å². The zero-order chi connectivity index (χ0) is 20.1. The summed E-state index contributed by atoms with van der Waals surface area (Å²) >= 11 is 4.43. The van der Waals surface area contributed by atoms with Crippen molar-refractivity contribution in [2.45, 2.75) is 42.0 Å². The normalized spacial score (nSPS) is 24.9. The van der Waals surface area contributed by atoms with Crippen molar-refractivity contribution in [2.75, 3.05) is 0 Å². The minimum Gasteiger partial charge on any atom is -0.549 e. The molecule has 2 amide bonds. The Balaban J connectivity index is 0.00000210. The molecule has 2 saturated heterocycles. The van der Waals surface area contributed by atoms with E-state index in [1.54, 1.807) is 32.0 Å². The number of β-lactam (4-membered cyclic amide) rings is 1. The summed E-state index contributed by atoms with van der Waals surface area (Å²) < 4.78 is -0.376. The van der Waals surface area contributed by atoms with E-state index < -0.39 is 51.9 Å². The van der Waals surface area contributed by atoms with Gasteiger partial charge in [-0.3, -0.25) is 9.59 Å². The molecule has 2 aliphatic heterocycles. The maximum absolute atomic E-state index is 12.6. The topological polar surface area (TPSA) is 130 Å². The minimum absolute atomic E-state index is 0. The number of fused-ring (bicyclic) bond motifs is 1. The van der Waals surface area contributed by atoms with E-state index in [2.05, 4.69) is 21.2 Å². The maximum Gasteiger partial charge on any atom is 1.00 e. The van der Waals surface area contributed by atoms with Crippen LogP contribution in [-0.4, -0.2) is 50.9 Å². The predicted molar refractivity (Wildman–Crippen MR) is 94.9 cm³/mol. The number of nitrogens with one attached hydrogen (secondary N) is 1. The molecule has 0 saturated carbocycles. The van der Waals surface area contributed by atoms with Crippen LogP contribution in [0.15, 0.2) is 28.7 Å².